The van der Waals surface area contributed by atoms with Crippen LogP contribution >= 0.6 is 15.9 Å². The van der Waals surface area contributed by atoms with Crippen LogP contribution in [0.25, 0.3) is 0 Å². The first kappa shape index (κ1) is 12.4. The average Bonchev–Trinajstić information content (AvgIpc) is 2.13. The van der Waals surface area contributed by atoms with Gasteiger partial charge in [-0.15, -0.1) is 0 Å². The molecular weight excluding hydrogens is 236 g/mol. The van der Waals surface area contributed by atoms with Crippen LogP contribution in [0.4, 0.5) is 0 Å². The van der Waals surface area contributed by atoms with Gasteiger partial charge in [-0.3, -0.25) is 9.59 Å². The van der Waals surface area contributed by atoms with Crippen LogP contribution in [0.5, 0.6) is 0 Å². The summed E-state index contributed by atoms with van der Waals surface area (Å²) in [5.41, 5.74) is 0. The van der Waals surface area contributed by atoms with Crippen molar-refractivity contribution in [3.8, 4) is 0 Å². The number of hydrogen-bond donors (Lipinski definition) is 1. The quantitative estimate of drug-likeness (QED) is 0.717. The number of likely N-dealkylation sites (N-methyl/N-ethyl adjacent to an activating group) is 1. The van der Waals surface area contributed by atoms with Gasteiger partial charge in [-0.05, 0) is 6.42 Å². The molecule has 2 amide bonds. The lowest BCUT2D eigenvalue weighted by Crippen LogP contribution is -2.39. The van der Waals surface area contributed by atoms with E-state index in [0.29, 0.717) is 6.54 Å². The Morgan fingerprint density at radius 3 is 2.54 bits per heavy atom. The van der Waals surface area contributed by atoms with Gasteiger partial charge < -0.3 is 10.2 Å². The number of rotatable bonds is 5. The van der Waals surface area contributed by atoms with Crippen LogP contribution in [0, 0.1) is 0 Å². The summed E-state index contributed by atoms with van der Waals surface area (Å²) in [6, 6.07) is 0. The molecule has 0 aromatic rings. The highest BCUT2D eigenvalue weighted by atomic mass is 79.9. The maximum Gasteiger partial charge on any atom is 0.239 e. The molecule has 0 saturated carbocycles. The van der Waals surface area contributed by atoms with E-state index in [9.17, 15) is 9.59 Å². The number of alkyl halides is 1. The first-order valence-electron chi connectivity index (χ1n) is 4.18. The van der Waals surface area contributed by atoms with E-state index in [-0.39, 0.29) is 23.7 Å². The molecule has 0 saturated heterocycles. The summed E-state index contributed by atoms with van der Waals surface area (Å²) in [6.45, 7) is 2.77. The summed E-state index contributed by atoms with van der Waals surface area (Å²) < 4.78 is 0. The molecule has 0 aromatic carbocycles. The van der Waals surface area contributed by atoms with E-state index in [1.54, 1.807) is 7.05 Å². The molecule has 0 bridgehead atoms. The Kier molecular flexibility index (Phi) is 6.58. The highest BCUT2D eigenvalue weighted by molar-refractivity contribution is 9.09. The number of amides is 2. The summed E-state index contributed by atoms with van der Waals surface area (Å²) in [7, 11) is 1.61. The largest absolute Gasteiger partial charge is 0.355 e. The SMILES string of the molecule is CCCNC(=O)CN(C)C(=O)CBr. The predicted molar refractivity (Wildman–Crippen MR) is 54.7 cm³/mol. The maximum atomic E-state index is 11.1. The van der Waals surface area contributed by atoms with E-state index < -0.39 is 0 Å². The molecule has 4 nitrogen and oxygen atoms in total. The molecule has 0 heterocycles. The van der Waals surface area contributed by atoms with Crippen molar-refractivity contribution in [2.75, 3.05) is 25.5 Å². The minimum absolute atomic E-state index is 0.0911. The molecule has 0 aromatic heterocycles. The van der Waals surface area contributed by atoms with Crippen LogP contribution in [0.2, 0.25) is 0 Å². The van der Waals surface area contributed by atoms with Crippen molar-refractivity contribution in [2.45, 2.75) is 13.3 Å². The first-order chi connectivity index (χ1) is 6.11. The van der Waals surface area contributed by atoms with E-state index in [1.807, 2.05) is 6.92 Å². The predicted octanol–water partition coefficient (Wildman–Crippen LogP) is 0.366. The fourth-order valence-electron chi connectivity index (χ4n) is 0.726. The molecule has 13 heavy (non-hydrogen) atoms. The third-order valence-electron chi connectivity index (χ3n) is 1.49. The zero-order valence-electron chi connectivity index (χ0n) is 7.97. The van der Waals surface area contributed by atoms with E-state index in [0.717, 1.165) is 6.42 Å². The van der Waals surface area contributed by atoms with Crippen molar-refractivity contribution in [3.05, 3.63) is 0 Å². The number of hydrogen-bond acceptors (Lipinski definition) is 2. The molecule has 0 radical (unpaired) electrons. The van der Waals surface area contributed by atoms with Gasteiger partial charge >= 0.3 is 0 Å². The molecular formula is C8H15BrN2O2. The molecule has 0 fully saturated rings. The van der Waals surface area contributed by atoms with Gasteiger partial charge in [0.15, 0.2) is 0 Å². The Bertz CT molecular complexity index is 185. The molecule has 76 valence electrons. The lowest BCUT2D eigenvalue weighted by Gasteiger charge is -2.14. The highest BCUT2D eigenvalue weighted by Gasteiger charge is 2.10. The normalized spacial score (nSPS) is 9.46. The molecule has 0 aliphatic carbocycles. The molecule has 0 aliphatic rings. The second-order valence-corrected chi connectivity index (χ2v) is 3.29. The van der Waals surface area contributed by atoms with Crippen LogP contribution in [-0.4, -0.2) is 42.2 Å². The smallest absolute Gasteiger partial charge is 0.239 e. The minimum Gasteiger partial charge on any atom is -0.355 e. The van der Waals surface area contributed by atoms with E-state index in [4.69, 9.17) is 0 Å². The Labute approximate surface area is 86.8 Å². The number of nitrogens with one attached hydrogen (secondary N) is 1. The standard InChI is InChI=1S/C8H15BrN2O2/c1-3-4-10-7(12)6-11(2)8(13)5-9/h3-6H2,1-2H3,(H,10,12). The summed E-state index contributed by atoms with van der Waals surface area (Å²) >= 11 is 3.04. The van der Waals surface area contributed by atoms with E-state index in [1.165, 1.54) is 4.90 Å². The average molecular weight is 251 g/mol. The van der Waals surface area contributed by atoms with Gasteiger partial charge in [-0.1, -0.05) is 22.9 Å². The maximum absolute atomic E-state index is 11.1. The fourth-order valence-corrected chi connectivity index (χ4v) is 1.15. The molecule has 0 rings (SSSR count). The zero-order chi connectivity index (χ0) is 10.3. The van der Waals surface area contributed by atoms with Crippen molar-refractivity contribution >= 4 is 27.7 Å². The Hall–Kier alpha value is -0.580. The molecule has 5 heteroatoms. The van der Waals surface area contributed by atoms with Gasteiger partial charge in [0.2, 0.25) is 11.8 Å². The van der Waals surface area contributed by atoms with Crippen molar-refractivity contribution in [1.82, 2.24) is 10.2 Å². The monoisotopic (exact) mass is 250 g/mol. The molecule has 0 aliphatic heterocycles. The van der Waals surface area contributed by atoms with Crippen LogP contribution < -0.4 is 5.32 Å². The second-order valence-electron chi connectivity index (χ2n) is 2.73. The van der Waals surface area contributed by atoms with Gasteiger partial charge in [0.05, 0.1) is 11.9 Å². The van der Waals surface area contributed by atoms with Crippen molar-refractivity contribution in [2.24, 2.45) is 0 Å². The van der Waals surface area contributed by atoms with Gasteiger partial charge in [0.25, 0.3) is 0 Å². The third kappa shape index (κ3) is 5.63. The first-order valence-corrected chi connectivity index (χ1v) is 5.30. The van der Waals surface area contributed by atoms with Crippen molar-refractivity contribution in [1.29, 1.82) is 0 Å². The zero-order valence-corrected chi connectivity index (χ0v) is 9.56. The summed E-state index contributed by atoms with van der Waals surface area (Å²) in [6.07, 6.45) is 0.905. The Morgan fingerprint density at radius 1 is 1.46 bits per heavy atom. The molecule has 0 atom stereocenters. The fraction of sp³-hybridized carbons (Fsp3) is 0.750. The van der Waals surface area contributed by atoms with Gasteiger partial charge in [0, 0.05) is 13.6 Å². The van der Waals surface area contributed by atoms with Crippen molar-refractivity contribution in [3.63, 3.8) is 0 Å². The van der Waals surface area contributed by atoms with Gasteiger partial charge in [0.1, 0.15) is 0 Å². The lowest BCUT2D eigenvalue weighted by molar-refractivity contribution is -0.132. The van der Waals surface area contributed by atoms with Crippen LogP contribution in [0.3, 0.4) is 0 Å². The number of carbonyl (C=O) groups is 2. The van der Waals surface area contributed by atoms with Crippen molar-refractivity contribution < 1.29 is 9.59 Å². The summed E-state index contributed by atoms with van der Waals surface area (Å²) in [5, 5.41) is 2.95. The van der Waals surface area contributed by atoms with Crippen LogP contribution in [0.1, 0.15) is 13.3 Å². The highest BCUT2D eigenvalue weighted by Crippen LogP contribution is 1.89. The van der Waals surface area contributed by atoms with Gasteiger partial charge in [-0.25, -0.2) is 0 Å². The molecule has 0 spiro atoms. The van der Waals surface area contributed by atoms with Gasteiger partial charge in [-0.2, -0.15) is 0 Å². The summed E-state index contributed by atoms with van der Waals surface area (Å²) in [5.74, 6) is -0.203. The van der Waals surface area contributed by atoms with Crippen LogP contribution in [0.15, 0.2) is 0 Å². The lowest BCUT2D eigenvalue weighted by atomic mass is 10.4. The Morgan fingerprint density at radius 2 is 2.08 bits per heavy atom. The summed E-state index contributed by atoms with van der Waals surface area (Å²) in [4.78, 5) is 23.5. The molecule has 0 unspecified atom stereocenters. The topological polar surface area (TPSA) is 49.4 Å². The number of halogens is 1. The van der Waals surface area contributed by atoms with E-state index >= 15 is 0 Å². The number of nitrogens with zero attached hydrogens (tertiary/aromatic N) is 1. The van der Waals surface area contributed by atoms with Crippen LogP contribution in [-0.2, 0) is 9.59 Å². The second kappa shape index (κ2) is 6.88. The third-order valence-corrected chi connectivity index (χ3v) is 1.97. The Balaban J connectivity index is 3.71. The number of carbonyl (C=O) groups excluding carboxylic acids is 2. The van der Waals surface area contributed by atoms with E-state index in [2.05, 4.69) is 21.2 Å². The minimum atomic E-state index is -0.112. The molecule has 1 N–H and O–H groups in total.